The molecule has 0 atom stereocenters. The summed E-state index contributed by atoms with van der Waals surface area (Å²) >= 11 is 0. The van der Waals surface area contributed by atoms with Crippen LogP contribution in [0.4, 0.5) is 5.69 Å². The van der Waals surface area contributed by atoms with Gasteiger partial charge in [0.25, 0.3) is 5.91 Å². The molecule has 1 heterocycles. The molecule has 0 spiro atoms. The molecular formula is C25H22N2O3. The molecule has 1 aliphatic rings. The van der Waals surface area contributed by atoms with Gasteiger partial charge in [0.15, 0.2) is 0 Å². The predicted molar refractivity (Wildman–Crippen MR) is 120 cm³/mol. The van der Waals surface area contributed by atoms with Crippen LogP contribution in [0.3, 0.4) is 0 Å². The highest BCUT2D eigenvalue weighted by Gasteiger charge is 2.19. The Morgan fingerprint density at radius 3 is 2.50 bits per heavy atom. The Labute approximate surface area is 175 Å². The van der Waals surface area contributed by atoms with Crippen LogP contribution in [-0.2, 0) is 4.74 Å². The van der Waals surface area contributed by atoms with E-state index in [1.54, 1.807) is 19.2 Å². The minimum atomic E-state index is -0.174. The molecule has 3 aromatic carbocycles. The van der Waals surface area contributed by atoms with Gasteiger partial charge in [0, 0.05) is 5.56 Å². The van der Waals surface area contributed by atoms with Crippen molar-refractivity contribution >= 4 is 29.6 Å². The summed E-state index contributed by atoms with van der Waals surface area (Å²) in [6.07, 6.45) is 4.01. The fourth-order valence-electron chi connectivity index (χ4n) is 3.22. The van der Waals surface area contributed by atoms with E-state index in [2.05, 4.69) is 10.3 Å². The van der Waals surface area contributed by atoms with E-state index in [1.165, 1.54) is 0 Å². The standard InChI is InChI=1S/C25H22N2O3/c1-29-21-14-11-18(12-15-21)10-13-19-8-5-9-22(23(19)25-26-16-17-30-25)27-24(28)20-6-3-2-4-7-20/h2-15H,16-17H2,1H3,(H,27,28). The summed E-state index contributed by atoms with van der Waals surface area (Å²) in [6.45, 7) is 1.15. The Kier molecular flexibility index (Phi) is 5.90. The average molecular weight is 398 g/mol. The maximum absolute atomic E-state index is 12.7. The number of methoxy groups -OCH3 is 1. The molecule has 0 aliphatic carbocycles. The van der Waals surface area contributed by atoms with Crippen LogP contribution >= 0.6 is 0 Å². The summed E-state index contributed by atoms with van der Waals surface area (Å²) in [5.41, 5.74) is 3.99. The van der Waals surface area contributed by atoms with E-state index in [4.69, 9.17) is 9.47 Å². The Morgan fingerprint density at radius 1 is 1.00 bits per heavy atom. The van der Waals surface area contributed by atoms with E-state index >= 15 is 0 Å². The van der Waals surface area contributed by atoms with Gasteiger partial charge in [0.05, 0.1) is 24.9 Å². The molecule has 0 unspecified atom stereocenters. The Hall–Kier alpha value is -3.86. The van der Waals surface area contributed by atoms with Crippen molar-refractivity contribution in [2.24, 2.45) is 4.99 Å². The average Bonchev–Trinajstić information content (AvgIpc) is 3.33. The second-order valence-electron chi connectivity index (χ2n) is 6.73. The first-order valence-corrected chi connectivity index (χ1v) is 9.74. The van der Waals surface area contributed by atoms with E-state index in [0.29, 0.717) is 30.3 Å². The first-order chi connectivity index (χ1) is 14.7. The molecule has 0 saturated heterocycles. The number of carbonyl (C=O) groups excluding carboxylic acids is 1. The lowest BCUT2D eigenvalue weighted by atomic mass is 10.0. The topological polar surface area (TPSA) is 59.9 Å². The van der Waals surface area contributed by atoms with Gasteiger partial charge in [-0.15, -0.1) is 0 Å². The summed E-state index contributed by atoms with van der Waals surface area (Å²) in [5, 5.41) is 3.01. The number of rotatable bonds is 6. The highest BCUT2D eigenvalue weighted by Crippen LogP contribution is 2.26. The first kappa shape index (κ1) is 19.5. The number of ether oxygens (including phenoxy) is 2. The van der Waals surface area contributed by atoms with Crippen LogP contribution in [0, 0.1) is 0 Å². The van der Waals surface area contributed by atoms with Crippen LogP contribution in [0.2, 0.25) is 0 Å². The number of anilines is 1. The van der Waals surface area contributed by atoms with Gasteiger partial charge in [-0.2, -0.15) is 0 Å². The zero-order valence-electron chi connectivity index (χ0n) is 16.7. The molecule has 1 amide bonds. The predicted octanol–water partition coefficient (Wildman–Crippen LogP) is 4.89. The van der Waals surface area contributed by atoms with Gasteiger partial charge >= 0.3 is 0 Å². The van der Waals surface area contributed by atoms with Crippen molar-refractivity contribution in [3.8, 4) is 5.75 Å². The first-order valence-electron chi connectivity index (χ1n) is 9.74. The van der Waals surface area contributed by atoms with E-state index in [-0.39, 0.29) is 5.91 Å². The van der Waals surface area contributed by atoms with Gasteiger partial charge in [-0.1, -0.05) is 54.6 Å². The third-order valence-corrected chi connectivity index (χ3v) is 4.75. The molecule has 1 aliphatic heterocycles. The van der Waals surface area contributed by atoms with Gasteiger partial charge in [0.2, 0.25) is 5.90 Å². The van der Waals surface area contributed by atoms with Crippen LogP contribution in [0.5, 0.6) is 5.75 Å². The molecule has 0 bridgehead atoms. The smallest absolute Gasteiger partial charge is 0.255 e. The minimum absolute atomic E-state index is 0.174. The Balaban J connectivity index is 1.67. The van der Waals surface area contributed by atoms with Crippen LogP contribution in [0.1, 0.15) is 27.0 Å². The van der Waals surface area contributed by atoms with Gasteiger partial charge < -0.3 is 14.8 Å². The Bertz CT molecular complexity index is 1090. The van der Waals surface area contributed by atoms with Crippen LogP contribution in [-0.4, -0.2) is 32.1 Å². The number of amides is 1. The highest BCUT2D eigenvalue weighted by atomic mass is 16.5. The van der Waals surface area contributed by atoms with Crippen LogP contribution in [0.15, 0.2) is 77.8 Å². The number of benzene rings is 3. The van der Waals surface area contributed by atoms with E-state index in [9.17, 15) is 4.79 Å². The maximum Gasteiger partial charge on any atom is 0.255 e. The zero-order chi connectivity index (χ0) is 20.8. The second kappa shape index (κ2) is 9.09. The Morgan fingerprint density at radius 2 is 1.80 bits per heavy atom. The molecule has 0 saturated carbocycles. The third kappa shape index (κ3) is 4.41. The van der Waals surface area contributed by atoms with E-state index in [0.717, 1.165) is 22.4 Å². The third-order valence-electron chi connectivity index (χ3n) is 4.75. The normalized spacial score (nSPS) is 13.0. The van der Waals surface area contributed by atoms with Gasteiger partial charge in [-0.3, -0.25) is 4.79 Å². The highest BCUT2D eigenvalue weighted by molar-refractivity contribution is 6.10. The minimum Gasteiger partial charge on any atom is -0.497 e. The van der Waals surface area contributed by atoms with E-state index < -0.39 is 0 Å². The van der Waals surface area contributed by atoms with Gasteiger partial charge in [-0.25, -0.2) is 4.99 Å². The lowest BCUT2D eigenvalue weighted by Crippen LogP contribution is -2.16. The molecule has 30 heavy (non-hydrogen) atoms. The lowest BCUT2D eigenvalue weighted by molar-refractivity contribution is 0.102. The van der Waals surface area contributed by atoms with Crippen molar-refractivity contribution in [1.29, 1.82) is 0 Å². The largest absolute Gasteiger partial charge is 0.497 e. The molecule has 4 rings (SSSR count). The molecular weight excluding hydrogens is 376 g/mol. The van der Waals surface area contributed by atoms with Crippen molar-refractivity contribution in [2.45, 2.75) is 0 Å². The molecule has 3 aromatic rings. The van der Waals surface area contributed by atoms with Crippen molar-refractivity contribution in [3.63, 3.8) is 0 Å². The zero-order valence-corrected chi connectivity index (χ0v) is 16.7. The summed E-state index contributed by atoms with van der Waals surface area (Å²) in [6, 6.07) is 22.7. The summed E-state index contributed by atoms with van der Waals surface area (Å²) in [4.78, 5) is 17.2. The SMILES string of the molecule is COc1ccc(C=Cc2cccc(NC(=O)c3ccccc3)c2C2=NCCO2)cc1. The number of hydrogen-bond donors (Lipinski definition) is 1. The fraction of sp³-hybridized carbons (Fsp3) is 0.120. The molecule has 1 N–H and O–H groups in total. The molecule has 5 nitrogen and oxygen atoms in total. The fourth-order valence-corrected chi connectivity index (χ4v) is 3.22. The molecule has 150 valence electrons. The van der Waals surface area contributed by atoms with Crippen molar-refractivity contribution in [2.75, 3.05) is 25.6 Å². The number of carbonyl (C=O) groups is 1. The quantitative estimate of drug-likeness (QED) is 0.601. The number of aliphatic imine (C=N–C) groups is 1. The summed E-state index contributed by atoms with van der Waals surface area (Å²) < 4.78 is 10.9. The van der Waals surface area contributed by atoms with Crippen LogP contribution < -0.4 is 10.1 Å². The molecule has 0 fully saturated rings. The molecule has 5 heteroatoms. The number of hydrogen-bond acceptors (Lipinski definition) is 4. The van der Waals surface area contributed by atoms with Crippen LogP contribution in [0.25, 0.3) is 12.2 Å². The maximum atomic E-state index is 12.7. The summed E-state index contributed by atoms with van der Waals surface area (Å²) in [5.74, 6) is 1.19. The van der Waals surface area contributed by atoms with Crippen molar-refractivity contribution in [3.05, 3.63) is 95.1 Å². The summed E-state index contributed by atoms with van der Waals surface area (Å²) in [7, 11) is 1.65. The van der Waals surface area contributed by atoms with Gasteiger partial charge in [0.1, 0.15) is 12.4 Å². The van der Waals surface area contributed by atoms with Gasteiger partial charge in [-0.05, 0) is 41.5 Å². The monoisotopic (exact) mass is 398 g/mol. The van der Waals surface area contributed by atoms with E-state index in [1.807, 2.05) is 72.8 Å². The second-order valence-corrected chi connectivity index (χ2v) is 6.73. The van der Waals surface area contributed by atoms with Crippen molar-refractivity contribution in [1.82, 2.24) is 0 Å². The number of nitrogens with one attached hydrogen (secondary N) is 1. The van der Waals surface area contributed by atoms with Crippen molar-refractivity contribution < 1.29 is 14.3 Å². The number of nitrogens with zero attached hydrogens (tertiary/aromatic N) is 1. The molecule has 0 radical (unpaired) electrons. The molecule has 0 aromatic heterocycles. The lowest BCUT2D eigenvalue weighted by Gasteiger charge is -2.14.